The second-order valence-electron chi connectivity index (χ2n) is 2.18. The van der Waals surface area contributed by atoms with E-state index in [4.69, 9.17) is 0 Å². The average molecular weight is 209 g/mol. The van der Waals surface area contributed by atoms with Crippen LogP contribution >= 0.6 is 0 Å². The Balaban J connectivity index is 3.26. The molecule has 0 aliphatic carbocycles. The van der Waals surface area contributed by atoms with Crippen LogP contribution in [-0.4, -0.2) is 13.9 Å². The van der Waals surface area contributed by atoms with Crippen molar-refractivity contribution in [1.29, 1.82) is 0 Å². The summed E-state index contributed by atoms with van der Waals surface area (Å²) in [5.74, 6) is 0. The summed E-state index contributed by atoms with van der Waals surface area (Å²) in [4.78, 5) is -0.859. The minimum absolute atomic E-state index is 0.850. The number of hydrogen-bond acceptors (Lipinski definition) is 2. The summed E-state index contributed by atoms with van der Waals surface area (Å²) in [6.45, 7) is 0. The molecule has 6 heteroatoms. The molecule has 0 spiro atoms. The molecule has 1 aromatic carbocycles. The zero-order valence-corrected chi connectivity index (χ0v) is 6.98. The first-order chi connectivity index (χ1) is 5.86. The highest BCUT2D eigenvalue weighted by Gasteiger charge is 2.46. The summed E-state index contributed by atoms with van der Waals surface area (Å²) in [7, 11) is -5.23. The van der Waals surface area contributed by atoms with Gasteiger partial charge in [0.2, 0.25) is 0 Å². The highest BCUT2D eigenvalue weighted by atomic mass is 32.2. The van der Waals surface area contributed by atoms with Crippen LogP contribution in [0.15, 0.2) is 29.2 Å². The van der Waals surface area contributed by atoms with E-state index in [9.17, 15) is 21.6 Å². The molecule has 0 atom stereocenters. The van der Waals surface area contributed by atoms with Crippen molar-refractivity contribution in [3.8, 4) is 0 Å². The lowest BCUT2D eigenvalue weighted by Gasteiger charge is -2.06. The predicted molar refractivity (Wildman–Crippen MR) is 38.5 cm³/mol. The van der Waals surface area contributed by atoms with Gasteiger partial charge < -0.3 is 0 Å². The van der Waals surface area contributed by atoms with Gasteiger partial charge in [-0.05, 0) is 6.07 Å². The third-order valence-corrected chi connectivity index (χ3v) is 2.72. The van der Waals surface area contributed by atoms with E-state index in [0.717, 1.165) is 12.1 Å². The smallest absolute Gasteiger partial charge is 0.214 e. The van der Waals surface area contributed by atoms with Gasteiger partial charge in [0.25, 0.3) is 9.84 Å². The van der Waals surface area contributed by atoms with Gasteiger partial charge in [0.1, 0.15) is 0 Å². The zero-order valence-electron chi connectivity index (χ0n) is 6.17. The Labute approximate surface area is 72.9 Å². The maximum absolute atomic E-state index is 11.9. The number of alkyl halides is 3. The highest BCUT2D eigenvalue weighted by Crippen LogP contribution is 2.29. The molecule has 1 aromatic rings. The number of benzene rings is 1. The predicted octanol–water partition coefficient (Wildman–Crippen LogP) is 1.78. The molecule has 0 unspecified atom stereocenters. The lowest BCUT2D eigenvalue weighted by atomic mass is 10.4. The molecule has 0 aliphatic rings. The lowest BCUT2D eigenvalue weighted by Crippen LogP contribution is -2.23. The number of hydrogen-bond donors (Lipinski definition) is 0. The van der Waals surface area contributed by atoms with Gasteiger partial charge in [0.15, 0.2) is 0 Å². The molecule has 13 heavy (non-hydrogen) atoms. The van der Waals surface area contributed by atoms with Crippen LogP contribution in [0.1, 0.15) is 0 Å². The second-order valence-corrected chi connectivity index (χ2v) is 4.09. The van der Waals surface area contributed by atoms with E-state index < -0.39 is 20.2 Å². The maximum atomic E-state index is 11.9. The van der Waals surface area contributed by atoms with E-state index in [2.05, 4.69) is 0 Å². The summed E-state index contributed by atoms with van der Waals surface area (Å²) < 4.78 is 57.1. The van der Waals surface area contributed by atoms with Crippen LogP contribution in [0.4, 0.5) is 13.2 Å². The number of sulfone groups is 1. The van der Waals surface area contributed by atoms with Gasteiger partial charge in [-0.15, -0.1) is 0 Å². The second kappa shape index (κ2) is 3.02. The van der Waals surface area contributed by atoms with Crippen molar-refractivity contribution in [3.63, 3.8) is 0 Å². The maximum Gasteiger partial charge on any atom is 0.501 e. The Bertz CT molecular complexity index is 380. The average Bonchev–Trinajstić information content (AvgIpc) is 2.04. The number of rotatable bonds is 1. The first-order valence-electron chi connectivity index (χ1n) is 3.14. The zero-order chi connectivity index (χ0) is 10.1. The molecule has 0 bridgehead atoms. The highest BCUT2D eigenvalue weighted by molar-refractivity contribution is 7.92. The Morgan fingerprint density at radius 1 is 1.23 bits per heavy atom. The van der Waals surface area contributed by atoms with Crippen LogP contribution in [0.2, 0.25) is 0 Å². The van der Waals surface area contributed by atoms with E-state index in [1.165, 1.54) is 12.1 Å². The van der Waals surface area contributed by atoms with Crippen LogP contribution in [0.5, 0.6) is 0 Å². The lowest BCUT2D eigenvalue weighted by molar-refractivity contribution is -0.0436. The van der Waals surface area contributed by atoms with Crippen molar-refractivity contribution >= 4 is 9.84 Å². The minimum atomic E-state index is -5.26. The van der Waals surface area contributed by atoms with Crippen molar-refractivity contribution in [2.75, 3.05) is 0 Å². The van der Waals surface area contributed by atoms with Crippen molar-refractivity contribution in [1.82, 2.24) is 0 Å². The van der Waals surface area contributed by atoms with Gasteiger partial charge in [-0.25, -0.2) is 8.42 Å². The molecule has 1 radical (unpaired) electrons. The molecular weight excluding hydrogens is 205 g/mol. The van der Waals surface area contributed by atoms with Crippen LogP contribution < -0.4 is 0 Å². The third kappa shape index (κ3) is 1.82. The first kappa shape index (κ1) is 10.0. The molecule has 0 saturated carbocycles. The topological polar surface area (TPSA) is 34.1 Å². The molecular formula is C7H4F3O2S. The van der Waals surface area contributed by atoms with Gasteiger partial charge in [-0.1, -0.05) is 18.2 Å². The monoisotopic (exact) mass is 209 g/mol. The molecule has 0 saturated heterocycles. The van der Waals surface area contributed by atoms with Crippen molar-refractivity contribution < 1.29 is 21.6 Å². The molecule has 0 N–H and O–H groups in total. The first-order valence-corrected chi connectivity index (χ1v) is 4.62. The van der Waals surface area contributed by atoms with E-state index in [1.54, 1.807) is 0 Å². The third-order valence-electron chi connectivity index (χ3n) is 1.27. The normalized spacial score (nSPS) is 12.8. The molecule has 71 valence electrons. The molecule has 0 aliphatic heterocycles. The van der Waals surface area contributed by atoms with Crippen LogP contribution in [-0.2, 0) is 9.84 Å². The van der Waals surface area contributed by atoms with Gasteiger partial charge >= 0.3 is 5.51 Å². The standard InChI is InChI=1S/C7H4F3O2S/c8-7(9,10)13(11,12)6-4-2-1-3-5-6/h1-4H. The van der Waals surface area contributed by atoms with Crippen LogP contribution in [0.3, 0.4) is 0 Å². The minimum Gasteiger partial charge on any atom is -0.214 e. The quantitative estimate of drug-likeness (QED) is 0.706. The van der Waals surface area contributed by atoms with Crippen molar-refractivity contribution in [3.05, 3.63) is 30.3 Å². The fourth-order valence-electron chi connectivity index (χ4n) is 0.669. The largest absolute Gasteiger partial charge is 0.501 e. The number of halogens is 3. The van der Waals surface area contributed by atoms with Crippen molar-refractivity contribution in [2.45, 2.75) is 10.4 Å². The fraction of sp³-hybridized carbons (Fsp3) is 0.143. The summed E-state index contributed by atoms with van der Waals surface area (Å²) in [6.07, 6.45) is 0. The van der Waals surface area contributed by atoms with Crippen LogP contribution in [0, 0.1) is 6.07 Å². The molecule has 0 aromatic heterocycles. The van der Waals surface area contributed by atoms with E-state index >= 15 is 0 Å². The molecule has 0 fully saturated rings. The SMILES string of the molecule is O=S(=O)(c1[c]cccc1)C(F)(F)F. The van der Waals surface area contributed by atoms with E-state index in [-0.39, 0.29) is 0 Å². The van der Waals surface area contributed by atoms with Gasteiger partial charge in [0.05, 0.1) is 4.90 Å². The van der Waals surface area contributed by atoms with E-state index in [1.807, 2.05) is 6.07 Å². The molecule has 2 nitrogen and oxygen atoms in total. The van der Waals surface area contributed by atoms with Crippen molar-refractivity contribution in [2.24, 2.45) is 0 Å². The summed E-state index contributed by atoms with van der Waals surface area (Å²) in [5.41, 5.74) is -5.26. The Morgan fingerprint density at radius 3 is 2.23 bits per heavy atom. The Hall–Kier alpha value is -1.04. The summed E-state index contributed by atoms with van der Waals surface area (Å²) in [6, 6.07) is 6.55. The Morgan fingerprint density at radius 2 is 1.85 bits per heavy atom. The van der Waals surface area contributed by atoms with Gasteiger partial charge in [-0.2, -0.15) is 13.2 Å². The summed E-state index contributed by atoms with van der Waals surface area (Å²) in [5, 5.41) is 0. The molecule has 0 amide bonds. The molecule has 0 heterocycles. The van der Waals surface area contributed by atoms with Gasteiger partial charge in [-0.3, -0.25) is 0 Å². The Kier molecular flexibility index (Phi) is 2.34. The molecule has 1 rings (SSSR count). The van der Waals surface area contributed by atoms with Crippen LogP contribution in [0.25, 0.3) is 0 Å². The summed E-state index contributed by atoms with van der Waals surface area (Å²) >= 11 is 0. The fourth-order valence-corrected chi connectivity index (χ4v) is 1.40. The van der Waals surface area contributed by atoms with Gasteiger partial charge in [0, 0.05) is 6.07 Å². The van der Waals surface area contributed by atoms with E-state index in [0.29, 0.717) is 0 Å².